The van der Waals surface area contributed by atoms with E-state index in [0.717, 1.165) is 36.8 Å². The van der Waals surface area contributed by atoms with Crippen molar-refractivity contribution in [2.75, 3.05) is 0 Å². The van der Waals surface area contributed by atoms with Crippen LogP contribution in [0.5, 0.6) is 0 Å². The molecule has 0 saturated heterocycles. The van der Waals surface area contributed by atoms with Crippen molar-refractivity contribution < 1.29 is 9.50 Å². The normalized spacial score (nSPS) is 17.6. The third kappa shape index (κ3) is 2.41. The van der Waals surface area contributed by atoms with Crippen LogP contribution in [0.3, 0.4) is 0 Å². The molecule has 1 aliphatic carbocycles. The van der Waals surface area contributed by atoms with Gasteiger partial charge in [0.1, 0.15) is 5.82 Å². The molecule has 1 saturated carbocycles. The predicted octanol–water partition coefficient (Wildman–Crippen LogP) is 4.25. The molecule has 1 nitrogen and oxygen atoms in total. The summed E-state index contributed by atoms with van der Waals surface area (Å²) in [6.07, 6.45) is 3.47. The zero-order chi connectivity index (χ0) is 13.3. The highest BCUT2D eigenvalue weighted by atomic mass is 19.1. The van der Waals surface area contributed by atoms with Gasteiger partial charge in [-0.25, -0.2) is 4.39 Å². The van der Waals surface area contributed by atoms with E-state index in [1.54, 1.807) is 0 Å². The topological polar surface area (TPSA) is 20.2 Å². The Hall–Kier alpha value is -1.67. The molecule has 2 aromatic carbocycles. The van der Waals surface area contributed by atoms with E-state index >= 15 is 0 Å². The van der Waals surface area contributed by atoms with Gasteiger partial charge in [-0.15, -0.1) is 0 Å². The molecular weight excluding hydrogens is 239 g/mol. The Morgan fingerprint density at radius 1 is 0.895 bits per heavy atom. The summed E-state index contributed by atoms with van der Waals surface area (Å²) in [5.41, 5.74) is 1.68. The fourth-order valence-corrected chi connectivity index (χ4v) is 2.90. The molecule has 0 bridgehead atoms. The average molecular weight is 256 g/mol. The van der Waals surface area contributed by atoms with Crippen LogP contribution in [0.15, 0.2) is 48.5 Å². The lowest BCUT2D eigenvalue weighted by Crippen LogP contribution is -2.21. The number of benzene rings is 2. The van der Waals surface area contributed by atoms with Gasteiger partial charge in [-0.05, 0) is 47.7 Å². The predicted molar refractivity (Wildman–Crippen MR) is 74.2 cm³/mol. The summed E-state index contributed by atoms with van der Waals surface area (Å²) in [7, 11) is 0. The lowest BCUT2D eigenvalue weighted by Gasteiger charge is -2.23. The van der Waals surface area contributed by atoms with Crippen LogP contribution in [0, 0.1) is 5.82 Å². The summed E-state index contributed by atoms with van der Waals surface area (Å²) in [5.74, 6) is -0.281. The summed E-state index contributed by atoms with van der Waals surface area (Å²) in [5, 5.41) is 10.6. The smallest absolute Gasteiger partial charge is 0.124 e. The Morgan fingerprint density at radius 2 is 1.58 bits per heavy atom. The van der Waals surface area contributed by atoms with Crippen molar-refractivity contribution in [3.05, 3.63) is 59.9 Å². The summed E-state index contributed by atoms with van der Waals surface area (Å²) in [6.45, 7) is 0. The highest BCUT2D eigenvalue weighted by molar-refractivity contribution is 5.64. The molecule has 0 aliphatic heterocycles. The van der Waals surface area contributed by atoms with E-state index in [2.05, 4.69) is 0 Å². The molecule has 2 heteroatoms. The lowest BCUT2D eigenvalue weighted by atomic mass is 9.89. The van der Waals surface area contributed by atoms with Crippen molar-refractivity contribution in [3.63, 3.8) is 0 Å². The van der Waals surface area contributed by atoms with Crippen molar-refractivity contribution in [1.29, 1.82) is 0 Å². The first-order valence-corrected chi connectivity index (χ1v) is 6.76. The summed E-state index contributed by atoms with van der Waals surface area (Å²) in [6, 6.07) is 14.6. The molecule has 1 N–H and O–H groups in total. The van der Waals surface area contributed by atoms with Crippen LogP contribution < -0.4 is 0 Å². The van der Waals surface area contributed by atoms with Crippen LogP contribution in [0.4, 0.5) is 4.39 Å². The quantitative estimate of drug-likeness (QED) is 0.851. The van der Waals surface area contributed by atoms with Gasteiger partial charge in [-0.1, -0.05) is 43.2 Å². The van der Waals surface area contributed by atoms with Crippen LogP contribution >= 0.6 is 0 Å². The van der Waals surface area contributed by atoms with Gasteiger partial charge in [-0.2, -0.15) is 0 Å². The lowest BCUT2D eigenvalue weighted by molar-refractivity contribution is 0.0442. The molecule has 0 unspecified atom stereocenters. The molecule has 0 spiro atoms. The molecule has 3 rings (SSSR count). The van der Waals surface area contributed by atoms with Crippen LogP contribution in [-0.4, -0.2) is 5.11 Å². The molecule has 19 heavy (non-hydrogen) atoms. The fraction of sp³-hybridized carbons (Fsp3) is 0.294. The largest absolute Gasteiger partial charge is 0.385 e. The number of halogens is 1. The standard InChI is InChI=1S/C17H17FO/c18-16-11-14(13-6-2-1-3-7-13)10-15(12-16)17(19)8-4-5-9-17/h1-3,6-7,10-12,19H,4-5,8-9H2. The Morgan fingerprint density at radius 3 is 2.26 bits per heavy atom. The number of hydrogen-bond acceptors (Lipinski definition) is 1. The van der Waals surface area contributed by atoms with Crippen molar-refractivity contribution in [3.8, 4) is 11.1 Å². The number of hydrogen-bond donors (Lipinski definition) is 1. The molecule has 0 aromatic heterocycles. The van der Waals surface area contributed by atoms with Gasteiger partial charge < -0.3 is 5.11 Å². The number of aliphatic hydroxyl groups is 1. The average Bonchev–Trinajstić information content (AvgIpc) is 2.87. The zero-order valence-electron chi connectivity index (χ0n) is 10.8. The van der Waals surface area contributed by atoms with Gasteiger partial charge in [0.15, 0.2) is 0 Å². The zero-order valence-corrected chi connectivity index (χ0v) is 10.8. The molecule has 0 radical (unpaired) electrons. The van der Waals surface area contributed by atoms with E-state index < -0.39 is 5.60 Å². The molecule has 0 heterocycles. The minimum atomic E-state index is -0.842. The Kier molecular flexibility index (Phi) is 3.11. The second-order valence-corrected chi connectivity index (χ2v) is 5.33. The molecule has 1 aliphatic rings. The van der Waals surface area contributed by atoms with Crippen LogP contribution in [0.2, 0.25) is 0 Å². The fourth-order valence-electron chi connectivity index (χ4n) is 2.90. The minimum Gasteiger partial charge on any atom is -0.385 e. The van der Waals surface area contributed by atoms with E-state index in [-0.39, 0.29) is 5.82 Å². The first-order chi connectivity index (χ1) is 9.17. The van der Waals surface area contributed by atoms with Crippen molar-refractivity contribution in [1.82, 2.24) is 0 Å². The minimum absolute atomic E-state index is 0.281. The summed E-state index contributed by atoms with van der Waals surface area (Å²) in [4.78, 5) is 0. The van der Waals surface area contributed by atoms with Crippen molar-refractivity contribution in [2.45, 2.75) is 31.3 Å². The highest BCUT2D eigenvalue weighted by Crippen LogP contribution is 2.40. The Bertz CT molecular complexity index is 571. The van der Waals surface area contributed by atoms with Gasteiger partial charge in [0.05, 0.1) is 5.60 Å². The third-order valence-electron chi connectivity index (χ3n) is 3.97. The van der Waals surface area contributed by atoms with E-state index in [0.29, 0.717) is 5.56 Å². The molecule has 0 amide bonds. The van der Waals surface area contributed by atoms with E-state index in [9.17, 15) is 9.50 Å². The van der Waals surface area contributed by atoms with Crippen molar-refractivity contribution >= 4 is 0 Å². The first-order valence-electron chi connectivity index (χ1n) is 6.76. The molecule has 1 fully saturated rings. The maximum absolute atomic E-state index is 13.8. The van der Waals surface area contributed by atoms with E-state index in [4.69, 9.17) is 0 Å². The maximum Gasteiger partial charge on any atom is 0.124 e. The third-order valence-corrected chi connectivity index (χ3v) is 3.97. The summed E-state index contributed by atoms with van der Waals surface area (Å²) >= 11 is 0. The monoisotopic (exact) mass is 256 g/mol. The Labute approximate surface area is 112 Å². The van der Waals surface area contributed by atoms with Gasteiger partial charge >= 0.3 is 0 Å². The van der Waals surface area contributed by atoms with Crippen molar-refractivity contribution in [2.24, 2.45) is 0 Å². The highest BCUT2D eigenvalue weighted by Gasteiger charge is 2.33. The van der Waals surface area contributed by atoms with E-state index in [1.807, 2.05) is 36.4 Å². The Balaban J connectivity index is 2.06. The van der Waals surface area contributed by atoms with Gasteiger partial charge in [-0.3, -0.25) is 0 Å². The van der Waals surface area contributed by atoms with Crippen LogP contribution in [-0.2, 0) is 5.60 Å². The maximum atomic E-state index is 13.8. The van der Waals surface area contributed by atoms with Gasteiger partial charge in [0, 0.05) is 0 Å². The molecule has 2 aromatic rings. The molecule has 0 atom stereocenters. The molecular formula is C17H17FO. The van der Waals surface area contributed by atoms with E-state index in [1.165, 1.54) is 12.1 Å². The van der Waals surface area contributed by atoms with Gasteiger partial charge in [0.2, 0.25) is 0 Å². The molecule has 98 valence electrons. The second-order valence-electron chi connectivity index (χ2n) is 5.33. The SMILES string of the molecule is OC1(c2cc(F)cc(-c3ccccc3)c2)CCCC1. The first kappa shape index (κ1) is 12.4. The van der Waals surface area contributed by atoms with Crippen LogP contribution in [0.1, 0.15) is 31.2 Å². The summed E-state index contributed by atoms with van der Waals surface area (Å²) < 4.78 is 13.8. The number of rotatable bonds is 2. The second kappa shape index (κ2) is 4.78. The van der Waals surface area contributed by atoms with Crippen LogP contribution in [0.25, 0.3) is 11.1 Å². The van der Waals surface area contributed by atoms with Gasteiger partial charge in [0.25, 0.3) is 0 Å².